The minimum absolute atomic E-state index is 0.135. The molecular weight excluding hydrogens is 418 g/mol. The molecule has 0 unspecified atom stereocenters. The maximum Gasteiger partial charge on any atom is 0.339 e. The molecule has 3 rings (SSSR count). The van der Waals surface area contributed by atoms with Gasteiger partial charge >= 0.3 is 5.97 Å². The Kier molecular flexibility index (Phi) is 7.15. The van der Waals surface area contributed by atoms with Crippen LogP contribution in [0.3, 0.4) is 0 Å². The van der Waals surface area contributed by atoms with Crippen molar-refractivity contribution in [1.29, 1.82) is 0 Å². The lowest BCUT2D eigenvalue weighted by Crippen LogP contribution is -2.14. The van der Waals surface area contributed by atoms with Crippen molar-refractivity contribution in [2.24, 2.45) is 0 Å². The summed E-state index contributed by atoms with van der Waals surface area (Å²) < 4.78 is 30.7. The van der Waals surface area contributed by atoms with E-state index in [1.54, 1.807) is 18.2 Å². The number of ether oxygens (including phenoxy) is 1. The molecule has 0 aliphatic carbocycles. The second-order valence-corrected chi connectivity index (χ2v) is 7.71. The SMILES string of the molecule is CCCCOc1ccc(-c2cccc(N(c3ccc(C(=O)O)c(O)c3)[SH](=O)=O)c2)cc1. The summed E-state index contributed by atoms with van der Waals surface area (Å²) in [6.45, 7) is 2.75. The van der Waals surface area contributed by atoms with Crippen LogP contribution in [0, 0.1) is 0 Å². The fourth-order valence-electron chi connectivity index (χ4n) is 3.07. The number of thiol groups is 1. The predicted molar refractivity (Wildman–Crippen MR) is 120 cm³/mol. The molecule has 3 aromatic rings. The van der Waals surface area contributed by atoms with Crippen LogP contribution in [0.2, 0.25) is 0 Å². The fourth-order valence-corrected chi connectivity index (χ4v) is 3.69. The van der Waals surface area contributed by atoms with Crippen molar-refractivity contribution in [3.05, 3.63) is 72.3 Å². The van der Waals surface area contributed by atoms with Gasteiger partial charge in [-0.3, -0.25) is 0 Å². The minimum atomic E-state index is -3.09. The molecule has 0 bridgehead atoms. The van der Waals surface area contributed by atoms with Crippen LogP contribution in [0.25, 0.3) is 11.1 Å². The van der Waals surface area contributed by atoms with E-state index < -0.39 is 22.6 Å². The molecule has 0 radical (unpaired) electrons. The van der Waals surface area contributed by atoms with Crippen LogP contribution in [0.15, 0.2) is 66.7 Å². The molecule has 162 valence electrons. The zero-order valence-corrected chi connectivity index (χ0v) is 17.8. The number of phenols is 1. The van der Waals surface area contributed by atoms with E-state index in [1.807, 2.05) is 30.3 Å². The van der Waals surface area contributed by atoms with Crippen LogP contribution < -0.4 is 9.04 Å². The monoisotopic (exact) mass is 441 g/mol. The van der Waals surface area contributed by atoms with Gasteiger partial charge in [0.05, 0.1) is 18.0 Å². The molecule has 0 aliphatic rings. The summed E-state index contributed by atoms with van der Waals surface area (Å²) in [6.07, 6.45) is 2.04. The Balaban J connectivity index is 1.91. The number of anilines is 2. The molecule has 0 saturated carbocycles. The van der Waals surface area contributed by atoms with Gasteiger partial charge in [-0.25, -0.2) is 17.5 Å². The second-order valence-electron chi connectivity index (χ2n) is 6.83. The first-order valence-electron chi connectivity index (χ1n) is 9.74. The van der Waals surface area contributed by atoms with Crippen molar-refractivity contribution < 1.29 is 28.2 Å². The molecule has 0 saturated heterocycles. The van der Waals surface area contributed by atoms with Gasteiger partial charge in [-0.1, -0.05) is 37.6 Å². The number of rotatable bonds is 9. The lowest BCUT2D eigenvalue weighted by molar-refractivity contribution is 0.0693. The second kappa shape index (κ2) is 9.99. The highest BCUT2D eigenvalue weighted by Gasteiger charge is 2.17. The van der Waals surface area contributed by atoms with E-state index in [0.29, 0.717) is 12.3 Å². The van der Waals surface area contributed by atoms with Crippen LogP contribution in [0.1, 0.15) is 30.1 Å². The Morgan fingerprint density at radius 3 is 2.29 bits per heavy atom. The van der Waals surface area contributed by atoms with Gasteiger partial charge in [0.15, 0.2) is 0 Å². The van der Waals surface area contributed by atoms with Crippen LogP contribution in [-0.2, 0) is 10.9 Å². The zero-order chi connectivity index (χ0) is 22.4. The number of carbonyl (C=O) groups is 1. The average molecular weight is 442 g/mol. The van der Waals surface area contributed by atoms with Crippen molar-refractivity contribution in [2.45, 2.75) is 19.8 Å². The number of aromatic carboxylic acids is 1. The highest BCUT2D eigenvalue weighted by Crippen LogP contribution is 2.33. The molecule has 0 heterocycles. The molecule has 0 spiro atoms. The highest BCUT2D eigenvalue weighted by molar-refractivity contribution is 7.74. The molecule has 0 aliphatic heterocycles. The Morgan fingerprint density at radius 1 is 0.968 bits per heavy atom. The largest absolute Gasteiger partial charge is 0.507 e. The molecule has 0 aromatic heterocycles. The molecule has 0 atom stereocenters. The number of benzene rings is 3. The predicted octanol–water partition coefficient (Wildman–Crippen LogP) is 4.60. The van der Waals surface area contributed by atoms with E-state index in [1.165, 1.54) is 12.1 Å². The summed E-state index contributed by atoms with van der Waals surface area (Å²) in [6, 6.07) is 18.1. The van der Waals surface area contributed by atoms with Gasteiger partial charge in [0.2, 0.25) is 10.9 Å². The van der Waals surface area contributed by atoms with Crippen molar-refractivity contribution in [3.63, 3.8) is 0 Å². The van der Waals surface area contributed by atoms with E-state index >= 15 is 0 Å². The Hall–Kier alpha value is -3.52. The molecule has 2 N–H and O–H groups in total. The van der Waals surface area contributed by atoms with Gasteiger partial charge in [0.1, 0.15) is 17.1 Å². The summed E-state index contributed by atoms with van der Waals surface area (Å²) >= 11 is 0. The van der Waals surface area contributed by atoms with Gasteiger partial charge in [0.25, 0.3) is 0 Å². The van der Waals surface area contributed by atoms with Crippen molar-refractivity contribution >= 4 is 28.2 Å². The fraction of sp³-hybridized carbons (Fsp3) is 0.174. The van der Waals surface area contributed by atoms with Gasteiger partial charge in [-0.05, 0) is 53.9 Å². The molecule has 0 amide bonds. The highest BCUT2D eigenvalue weighted by atomic mass is 32.2. The normalized spacial score (nSPS) is 10.8. The van der Waals surface area contributed by atoms with E-state index in [-0.39, 0.29) is 11.3 Å². The van der Waals surface area contributed by atoms with Gasteiger partial charge in [-0.2, -0.15) is 0 Å². The summed E-state index contributed by atoms with van der Waals surface area (Å²) in [5, 5.41) is 19.0. The van der Waals surface area contributed by atoms with Gasteiger partial charge in [-0.15, -0.1) is 0 Å². The quantitative estimate of drug-likeness (QED) is 0.331. The average Bonchev–Trinajstić information content (AvgIpc) is 2.74. The van der Waals surface area contributed by atoms with E-state index in [9.17, 15) is 18.3 Å². The number of hydrogen-bond donors (Lipinski definition) is 3. The summed E-state index contributed by atoms with van der Waals surface area (Å²) in [7, 11) is -3.09. The third kappa shape index (κ3) is 5.35. The van der Waals surface area contributed by atoms with E-state index in [4.69, 9.17) is 9.84 Å². The van der Waals surface area contributed by atoms with E-state index in [0.717, 1.165) is 40.1 Å². The number of aromatic hydroxyl groups is 1. The first-order valence-corrected chi connectivity index (χ1v) is 10.9. The topological polar surface area (TPSA) is 104 Å². The molecular formula is C23H23NO6S. The van der Waals surface area contributed by atoms with Crippen molar-refractivity contribution in [3.8, 4) is 22.6 Å². The lowest BCUT2D eigenvalue weighted by Gasteiger charge is -2.19. The minimum Gasteiger partial charge on any atom is -0.507 e. The molecule has 0 fully saturated rings. The van der Waals surface area contributed by atoms with E-state index in [2.05, 4.69) is 6.92 Å². The number of nitrogens with zero attached hydrogens (tertiary/aromatic N) is 1. The summed E-state index contributed by atoms with van der Waals surface area (Å²) in [5.74, 6) is -1.04. The number of unbranched alkanes of at least 4 members (excludes halogenated alkanes) is 1. The lowest BCUT2D eigenvalue weighted by atomic mass is 10.0. The molecule has 8 heteroatoms. The Morgan fingerprint density at radius 2 is 1.68 bits per heavy atom. The maximum absolute atomic E-state index is 12.0. The maximum atomic E-state index is 12.0. The summed E-state index contributed by atoms with van der Waals surface area (Å²) in [4.78, 5) is 11.1. The zero-order valence-electron chi connectivity index (χ0n) is 16.9. The third-order valence-electron chi connectivity index (χ3n) is 4.66. The Bertz CT molecular complexity index is 1130. The smallest absolute Gasteiger partial charge is 0.339 e. The van der Waals surface area contributed by atoms with Gasteiger partial charge in [0, 0.05) is 6.07 Å². The number of carboxylic acids is 1. The molecule has 7 nitrogen and oxygen atoms in total. The Labute approximate surface area is 182 Å². The van der Waals surface area contributed by atoms with Gasteiger partial charge < -0.3 is 14.9 Å². The summed E-state index contributed by atoms with van der Waals surface area (Å²) in [5.41, 5.74) is 1.87. The van der Waals surface area contributed by atoms with Crippen LogP contribution in [-0.4, -0.2) is 31.2 Å². The third-order valence-corrected chi connectivity index (χ3v) is 5.45. The first-order chi connectivity index (χ1) is 14.9. The number of hydrogen-bond acceptors (Lipinski definition) is 5. The first kappa shape index (κ1) is 22.2. The van der Waals surface area contributed by atoms with Crippen LogP contribution >= 0.6 is 0 Å². The standard InChI is InChI=1S/C23H23NO6S/c1-2-3-13-30-20-10-7-16(8-11-20)17-5-4-6-18(14-17)24(31(28)29)19-9-12-21(23(26)27)22(25)15-19/h4-12,14-15,25,31H,2-3,13H2,1H3,(H,26,27). The van der Waals surface area contributed by atoms with Crippen molar-refractivity contribution in [1.82, 2.24) is 0 Å². The van der Waals surface area contributed by atoms with Crippen LogP contribution in [0.5, 0.6) is 11.5 Å². The molecule has 31 heavy (non-hydrogen) atoms. The number of carboxylic acid groups (broad SMARTS) is 1. The van der Waals surface area contributed by atoms with Crippen molar-refractivity contribution in [2.75, 3.05) is 10.9 Å². The molecule has 3 aromatic carbocycles. The van der Waals surface area contributed by atoms with Crippen LogP contribution in [0.4, 0.5) is 11.4 Å².